The fraction of sp³-hybridized carbons (Fsp3) is 0.257. The SMILES string of the molecule is CC(C)(C)NC(=O)[C@@H](Cc1ccccc1)N(Cc1ccccc1)C(=O)CN(c1cc(C(F)(F)F)ccc1Cl)S(=O)(=O)c1ccccc1. The third kappa shape index (κ3) is 9.36. The van der Waals surface area contributed by atoms with E-state index in [1.54, 1.807) is 81.4 Å². The van der Waals surface area contributed by atoms with Gasteiger partial charge in [-0.05, 0) is 62.2 Å². The van der Waals surface area contributed by atoms with E-state index in [1.807, 2.05) is 6.07 Å². The predicted molar refractivity (Wildman–Crippen MR) is 176 cm³/mol. The second-order valence-electron chi connectivity index (χ2n) is 11.9. The van der Waals surface area contributed by atoms with Crippen molar-refractivity contribution in [3.8, 4) is 0 Å². The van der Waals surface area contributed by atoms with Crippen molar-refractivity contribution in [2.75, 3.05) is 10.8 Å². The lowest BCUT2D eigenvalue weighted by Gasteiger charge is -2.35. The van der Waals surface area contributed by atoms with Gasteiger partial charge in [0.05, 0.1) is 21.2 Å². The minimum absolute atomic E-state index is 0.0804. The number of benzene rings is 4. The van der Waals surface area contributed by atoms with Crippen LogP contribution in [0.5, 0.6) is 0 Å². The first-order valence-corrected chi connectivity index (χ1v) is 16.5. The molecule has 0 aromatic heterocycles. The van der Waals surface area contributed by atoms with Crippen molar-refractivity contribution in [2.45, 2.75) is 56.4 Å². The largest absolute Gasteiger partial charge is 0.416 e. The van der Waals surface area contributed by atoms with Crippen molar-refractivity contribution in [2.24, 2.45) is 0 Å². The van der Waals surface area contributed by atoms with Gasteiger partial charge in [0.1, 0.15) is 12.6 Å². The Labute approximate surface area is 278 Å². The summed E-state index contributed by atoms with van der Waals surface area (Å²) in [6, 6.07) is 26.0. The topological polar surface area (TPSA) is 86.8 Å². The van der Waals surface area contributed by atoms with Gasteiger partial charge in [-0.25, -0.2) is 8.42 Å². The van der Waals surface area contributed by atoms with Crippen LogP contribution in [-0.2, 0) is 38.8 Å². The minimum atomic E-state index is -4.82. The molecule has 0 aliphatic rings. The lowest BCUT2D eigenvalue weighted by Crippen LogP contribution is -2.56. The molecule has 248 valence electrons. The number of halogens is 4. The van der Waals surface area contributed by atoms with Crippen LogP contribution in [0, 0.1) is 0 Å². The number of anilines is 1. The first-order chi connectivity index (χ1) is 22.1. The monoisotopic (exact) mass is 685 g/mol. The average molecular weight is 686 g/mol. The molecule has 0 spiro atoms. The Kier molecular flexibility index (Phi) is 11.0. The van der Waals surface area contributed by atoms with Crippen molar-refractivity contribution in [3.63, 3.8) is 0 Å². The first kappa shape index (κ1) is 35.5. The highest BCUT2D eigenvalue weighted by atomic mass is 35.5. The zero-order valence-electron chi connectivity index (χ0n) is 26.0. The van der Waals surface area contributed by atoms with Crippen LogP contribution in [0.15, 0.2) is 114 Å². The molecule has 0 unspecified atom stereocenters. The van der Waals surface area contributed by atoms with E-state index in [4.69, 9.17) is 11.6 Å². The molecule has 0 aliphatic carbocycles. The molecule has 0 bridgehead atoms. The lowest BCUT2D eigenvalue weighted by molar-refractivity contribution is -0.140. The van der Waals surface area contributed by atoms with Crippen LogP contribution >= 0.6 is 11.6 Å². The number of amides is 2. The Bertz CT molecular complexity index is 1780. The molecule has 0 heterocycles. The molecule has 0 fully saturated rings. The number of carbonyl (C=O) groups excluding carboxylic acids is 2. The molecule has 4 aromatic carbocycles. The van der Waals surface area contributed by atoms with Crippen molar-refractivity contribution in [1.29, 1.82) is 0 Å². The number of carbonyl (C=O) groups is 2. The first-order valence-electron chi connectivity index (χ1n) is 14.7. The minimum Gasteiger partial charge on any atom is -0.350 e. The number of alkyl halides is 3. The Morgan fingerprint density at radius 3 is 1.87 bits per heavy atom. The molecule has 0 radical (unpaired) electrons. The number of nitrogens with zero attached hydrogens (tertiary/aromatic N) is 2. The maximum atomic E-state index is 14.5. The van der Waals surface area contributed by atoms with Gasteiger partial charge in [0.25, 0.3) is 10.0 Å². The number of nitrogens with one attached hydrogen (secondary N) is 1. The Balaban J connectivity index is 1.87. The summed E-state index contributed by atoms with van der Waals surface area (Å²) in [4.78, 5) is 29.4. The van der Waals surface area contributed by atoms with Crippen molar-refractivity contribution >= 4 is 39.1 Å². The maximum Gasteiger partial charge on any atom is 0.416 e. The molecular formula is C35H35ClF3N3O4S. The molecule has 0 aliphatic heterocycles. The summed E-state index contributed by atoms with van der Waals surface area (Å²) in [5.74, 6) is -1.31. The fourth-order valence-electron chi connectivity index (χ4n) is 4.90. The average Bonchev–Trinajstić information content (AvgIpc) is 3.02. The molecule has 47 heavy (non-hydrogen) atoms. The van der Waals surface area contributed by atoms with Gasteiger partial charge in [-0.2, -0.15) is 13.2 Å². The maximum absolute atomic E-state index is 14.5. The molecule has 1 atom stereocenters. The van der Waals surface area contributed by atoms with Crippen molar-refractivity contribution in [3.05, 3.63) is 131 Å². The second-order valence-corrected chi connectivity index (χ2v) is 14.2. The van der Waals surface area contributed by atoms with Crippen LogP contribution in [-0.4, -0.2) is 43.3 Å². The van der Waals surface area contributed by atoms with Gasteiger partial charge in [0, 0.05) is 18.5 Å². The van der Waals surface area contributed by atoms with Crippen LogP contribution in [0.1, 0.15) is 37.5 Å². The summed E-state index contributed by atoms with van der Waals surface area (Å²) < 4.78 is 70.2. The van der Waals surface area contributed by atoms with E-state index in [-0.39, 0.29) is 22.9 Å². The highest BCUT2D eigenvalue weighted by molar-refractivity contribution is 7.92. The normalized spacial score (nSPS) is 12.7. The zero-order valence-corrected chi connectivity index (χ0v) is 27.6. The van der Waals surface area contributed by atoms with Crippen LogP contribution < -0.4 is 9.62 Å². The summed E-state index contributed by atoms with van der Waals surface area (Å²) in [6.07, 6.45) is -4.74. The van der Waals surface area contributed by atoms with Gasteiger partial charge in [-0.3, -0.25) is 13.9 Å². The molecule has 2 amide bonds. The second kappa shape index (κ2) is 14.6. The predicted octanol–water partition coefficient (Wildman–Crippen LogP) is 7.11. The smallest absolute Gasteiger partial charge is 0.350 e. The van der Waals surface area contributed by atoms with Crippen LogP contribution in [0.25, 0.3) is 0 Å². The van der Waals surface area contributed by atoms with E-state index in [1.165, 1.54) is 29.2 Å². The molecule has 4 rings (SSSR count). The van der Waals surface area contributed by atoms with Crippen LogP contribution in [0.4, 0.5) is 18.9 Å². The van der Waals surface area contributed by atoms with Gasteiger partial charge in [-0.1, -0.05) is 90.5 Å². The van der Waals surface area contributed by atoms with Gasteiger partial charge < -0.3 is 10.2 Å². The molecule has 4 aromatic rings. The number of sulfonamides is 1. The number of hydrogen-bond acceptors (Lipinski definition) is 4. The van der Waals surface area contributed by atoms with Gasteiger partial charge in [-0.15, -0.1) is 0 Å². The number of rotatable bonds is 11. The number of hydrogen-bond donors (Lipinski definition) is 1. The molecular weight excluding hydrogens is 651 g/mol. The Morgan fingerprint density at radius 2 is 1.34 bits per heavy atom. The molecule has 0 saturated heterocycles. The van der Waals surface area contributed by atoms with E-state index in [0.29, 0.717) is 15.9 Å². The molecule has 0 saturated carbocycles. The summed E-state index contributed by atoms with van der Waals surface area (Å²) in [5.41, 5.74) is -0.969. The van der Waals surface area contributed by atoms with E-state index < -0.39 is 57.4 Å². The Hall–Kier alpha value is -4.35. The van der Waals surface area contributed by atoms with Crippen molar-refractivity contribution in [1.82, 2.24) is 10.2 Å². The third-order valence-corrected chi connectivity index (χ3v) is 9.21. The molecule has 7 nitrogen and oxygen atoms in total. The summed E-state index contributed by atoms with van der Waals surface area (Å²) in [7, 11) is -4.64. The molecule has 12 heteroatoms. The van der Waals surface area contributed by atoms with E-state index >= 15 is 0 Å². The lowest BCUT2D eigenvalue weighted by atomic mass is 10.0. The van der Waals surface area contributed by atoms with Crippen LogP contribution in [0.3, 0.4) is 0 Å². The van der Waals surface area contributed by atoms with E-state index in [9.17, 15) is 31.2 Å². The molecule has 1 N–H and O–H groups in total. The highest BCUT2D eigenvalue weighted by Gasteiger charge is 2.38. The summed E-state index contributed by atoms with van der Waals surface area (Å²) in [5, 5.41) is 2.61. The van der Waals surface area contributed by atoms with E-state index in [2.05, 4.69) is 5.32 Å². The van der Waals surface area contributed by atoms with Gasteiger partial charge in [0.15, 0.2) is 0 Å². The summed E-state index contributed by atoms with van der Waals surface area (Å²) in [6.45, 7) is 4.33. The highest BCUT2D eigenvalue weighted by Crippen LogP contribution is 2.37. The fourth-order valence-corrected chi connectivity index (χ4v) is 6.62. The third-order valence-electron chi connectivity index (χ3n) is 7.12. The quantitative estimate of drug-likeness (QED) is 0.182. The standard InChI is InChI=1S/C35H35ClF3N3O4S/c1-34(2,3)40-33(44)31(21-25-13-7-4-8-14-25)41(23-26-15-9-5-10-16-26)32(43)24-42(47(45,46)28-17-11-6-12-18-28)30-22-27(35(37,38)39)19-20-29(30)36/h4-20,22,31H,21,23-24H2,1-3H3,(H,40,44)/t31-/m1/s1. The van der Waals surface area contributed by atoms with E-state index in [0.717, 1.165) is 17.7 Å². The zero-order chi connectivity index (χ0) is 34.4. The summed E-state index contributed by atoms with van der Waals surface area (Å²) >= 11 is 6.36. The van der Waals surface area contributed by atoms with Gasteiger partial charge >= 0.3 is 6.18 Å². The Morgan fingerprint density at radius 1 is 0.809 bits per heavy atom. The van der Waals surface area contributed by atoms with Crippen molar-refractivity contribution < 1.29 is 31.2 Å². The van der Waals surface area contributed by atoms with Gasteiger partial charge in [0.2, 0.25) is 11.8 Å². The van der Waals surface area contributed by atoms with Crippen LogP contribution in [0.2, 0.25) is 5.02 Å².